The van der Waals surface area contributed by atoms with Gasteiger partial charge < -0.3 is 10.8 Å². The van der Waals surface area contributed by atoms with Gasteiger partial charge in [0.2, 0.25) is 0 Å². The summed E-state index contributed by atoms with van der Waals surface area (Å²) in [5, 5.41) is 12.3. The summed E-state index contributed by atoms with van der Waals surface area (Å²) in [6.07, 6.45) is 0. The molecule has 0 spiro atoms. The Hall–Kier alpha value is -1.75. The maximum absolute atomic E-state index is 13.8. The van der Waals surface area contributed by atoms with Crippen LogP contribution in [0.3, 0.4) is 0 Å². The summed E-state index contributed by atoms with van der Waals surface area (Å²) < 4.78 is 27.6. The van der Waals surface area contributed by atoms with Crippen LogP contribution in [0.15, 0.2) is 54.6 Å². The number of hydrogen-bond donors (Lipinski definition) is 2. The van der Waals surface area contributed by atoms with Crippen LogP contribution in [-0.2, 0) is 0 Å². The molecular formula is C17H16ClF2NO. The predicted molar refractivity (Wildman–Crippen MR) is 87.7 cm³/mol. The first kappa shape index (κ1) is 16.6. The molecule has 116 valence electrons. The van der Waals surface area contributed by atoms with Crippen LogP contribution >= 0.6 is 12.4 Å². The molecule has 5 heteroatoms. The van der Waals surface area contributed by atoms with Crippen LogP contribution in [0.25, 0.3) is 21.5 Å². The normalized spacial score (nSPS) is 13.1. The molecular weight excluding hydrogens is 308 g/mol. The van der Waals surface area contributed by atoms with E-state index in [4.69, 9.17) is 10.8 Å². The fourth-order valence-corrected chi connectivity index (χ4v) is 2.67. The molecule has 0 fully saturated rings. The van der Waals surface area contributed by atoms with Crippen LogP contribution in [0.2, 0.25) is 0 Å². The Balaban J connectivity index is 0.00000176. The van der Waals surface area contributed by atoms with Crippen molar-refractivity contribution in [2.75, 3.05) is 6.61 Å². The Labute approximate surface area is 133 Å². The fourth-order valence-electron chi connectivity index (χ4n) is 2.67. The minimum absolute atomic E-state index is 0. The third-order valence-corrected chi connectivity index (χ3v) is 3.80. The monoisotopic (exact) mass is 323 g/mol. The van der Waals surface area contributed by atoms with Crippen molar-refractivity contribution in [3.63, 3.8) is 0 Å². The fraction of sp³-hybridized carbons (Fsp3) is 0.176. The quantitative estimate of drug-likeness (QED) is 0.714. The molecule has 3 N–H and O–H groups in total. The third kappa shape index (κ3) is 2.65. The Morgan fingerprint density at radius 2 is 1.50 bits per heavy atom. The van der Waals surface area contributed by atoms with Gasteiger partial charge in [0.1, 0.15) is 6.61 Å². The van der Waals surface area contributed by atoms with Crippen LogP contribution in [0, 0.1) is 0 Å². The van der Waals surface area contributed by atoms with E-state index in [0.717, 1.165) is 16.2 Å². The Morgan fingerprint density at radius 3 is 2.14 bits per heavy atom. The lowest BCUT2D eigenvalue weighted by molar-refractivity contribution is -0.0708. The van der Waals surface area contributed by atoms with Gasteiger partial charge in [0.15, 0.2) is 0 Å². The predicted octanol–water partition coefficient (Wildman–Crippen LogP) is 4.04. The summed E-state index contributed by atoms with van der Waals surface area (Å²) in [5.41, 5.74) is 6.08. The van der Waals surface area contributed by atoms with Crippen LogP contribution in [0.1, 0.15) is 11.6 Å². The Morgan fingerprint density at radius 1 is 0.955 bits per heavy atom. The molecule has 3 aromatic rings. The van der Waals surface area contributed by atoms with Crippen LogP contribution in [0.5, 0.6) is 0 Å². The molecule has 2 nitrogen and oxygen atoms in total. The lowest BCUT2D eigenvalue weighted by atomic mass is 9.91. The van der Waals surface area contributed by atoms with E-state index < -0.39 is 18.6 Å². The van der Waals surface area contributed by atoms with Crippen LogP contribution < -0.4 is 5.73 Å². The van der Waals surface area contributed by atoms with E-state index in [0.29, 0.717) is 10.9 Å². The van der Waals surface area contributed by atoms with Crippen molar-refractivity contribution < 1.29 is 13.9 Å². The zero-order valence-corrected chi connectivity index (χ0v) is 12.5. The summed E-state index contributed by atoms with van der Waals surface area (Å²) in [6.45, 7) is -1.27. The van der Waals surface area contributed by atoms with Crippen molar-refractivity contribution in [2.45, 2.75) is 12.0 Å². The van der Waals surface area contributed by atoms with E-state index in [9.17, 15) is 8.78 Å². The summed E-state index contributed by atoms with van der Waals surface area (Å²) in [7, 11) is 0. The molecule has 0 saturated heterocycles. The van der Waals surface area contributed by atoms with Crippen LogP contribution in [-0.4, -0.2) is 17.6 Å². The zero-order chi connectivity index (χ0) is 15.0. The van der Waals surface area contributed by atoms with E-state index in [1.54, 1.807) is 18.2 Å². The summed E-state index contributed by atoms with van der Waals surface area (Å²) in [4.78, 5) is 0. The van der Waals surface area contributed by atoms with Crippen molar-refractivity contribution in [3.8, 4) is 0 Å². The second-order valence-corrected chi connectivity index (χ2v) is 5.13. The number of fused-ring (bicyclic) bond motifs is 3. The molecule has 3 rings (SSSR count). The topological polar surface area (TPSA) is 46.2 Å². The standard InChI is InChI=1S/C17H15F2NO.ClH/c18-17(19,10-21)16(20)15-9-11-5-1-2-6-12(11)13-7-3-4-8-14(13)15;/h1-9,16,21H,10,20H2;1H/t16-;/m0./s1. The van der Waals surface area contributed by atoms with Gasteiger partial charge >= 0.3 is 0 Å². The molecule has 0 heterocycles. The van der Waals surface area contributed by atoms with Gasteiger partial charge in [-0.1, -0.05) is 48.5 Å². The molecule has 0 bridgehead atoms. The first-order valence-electron chi connectivity index (χ1n) is 6.69. The average molecular weight is 324 g/mol. The number of aliphatic hydroxyl groups excluding tert-OH is 1. The van der Waals surface area contributed by atoms with Gasteiger partial charge in [-0.25, -0.2) is 8.78 Å². The average Bonchev–Trinajstić information content (AvgIpc) is 2.53. The van der Waals surface area contributed by atoms with Crippen molar-refractivity contribution in [3.05, 3.63) is 60.2 Å². The van der Waals surface area contributed by atoms with Gasteiger partial charge in [0, 0.05) is 0 Å². The number of aliphatic hydroxyl groups is 1. The van der Waals surface area contributed by atoms with Crippen LogP contribution in [0.4, 0.5) is 8.78 Å². The van der Waals surface area contributed by atoms with E-state index >= 15 is 0 Å². The number of benzene rings is 3. The van der Waals surface area contributed by atoms with Gasteiger partial charge in [0.25, 0.3) is 5.92 Å². The van der Waals surface area contributed by atoms with E-state index in [1.165, 1.54) is 0 Å². The highest BCUT2D eigenvalue weighted by molar-refractivity contribution is 6.09. The van der Waals surface area contributed by atoms with Gasteiger partial charge in [-0.15, -0.1) is 12.4 Å². The highest BCUT2D eigenvalue weighted by atomic mass is 35.5. The molecule has 0 aliphatic heterocycles. The Bertz CT molecular complexity index is 807. The molecule has 3 aromatic carbocycles. The SMILES string of the molecule is Cl.N[C@@H](c1cc2ccccc2c2ccccc12)C(F)(F)CO. The number of nitrogens with two attached hydrogens (primary N) is 1. The van der Waals surface area contributed by atoms with Crippen molar-refractivity contribution in [2.24, 2.45) is 5.73 Å². The summed E-state index contributed by atoms with van der Waals surface area (Å²) in [5.74, 6) is -3.36. The van der Waals surface area contributed by atoms with Gasteiger partial charge in [-0.3, -0.25) is 0 Å². The second kappa shape index (κ2) is 6.16. The number of hydrogen-bond acceptors (Lipinski definition) is 2. The highest BCUT2D eigenvalue weighted by Gasteiger charge is 2.38. The summed E-state index contributed by atoms with van der Waals surface area (Å²) >= 11 is 0. The number of halogens is 3. The summed E-state index contributed by atoms with van der Waals surface area (Å²) in [6, 6.07) is 15.1. The molecule has 0 aromatic heterocycles. The maximum atomic E-state index is 13.8. The molecule has 0 saturated carbocycles. The van der Waals surface area contributed by atoms with Crippen molar-refractivity contribution in [1.29, 1.82) is 0 Å². The minimum Gasteiger partial charge on any atom is -0.390 e. The van der Waals surface area contributed by atoms with Gasteiger partial charge in [-0.2, -0.15) is 0 Å². The smallest absolute Gasteiger partial charge is 0.289 e. The van der Waals surface area contributed by atoms with Crippen molar-refractivity contribution >= 4 is 34.0 Å². The lowest BCUT2D eigenvalue weighted by Crippen LogP contribution is -2.36. The molecule has 1 atom stereocenters. The maximum Gasteiger partial charge on any atom is 0.289 e. The molecule has 0 aliphatic carbocycles. The third-order valence-electron chi connectivity index (χ3n) is 3.80. The second-order valence-electron chi connectivity index (χ2n) is 5.13. The zero-order valence-electron chi connectivity index (χ0n) is 11.7. The highest BCUT2D eigenvalue weighted by Crippen LogP contribution is 2.36. The lowest BCUT2D eigenvalue weighted by Gasteiger charge is -2.23. The minimum atomic E-state index is -3.36. The molecule has 22 heavy (non-hydrogen) atoms. The molecule has 0 unspecified atom stereocenters. The van der Waals surface area contributed by atoms with E-state index in [1.807, 2.05) is 36.4 Å². The molecule has 0 aliphatic rings. The number of rotatable bonds is 3. The number of alkyl halides is 2. The van der Waals surface area contributed by atoms with E-state index in [-0.39, 0.29) is 12.4 Å². The van der Waals surface area contributed by atoms with Gasteiger partial charge in [-0.05, 0) is 33.2 Å². The molecule has 0 radical (unpaired) electrons. The first-order valence-corrected chi connectivity index (χ1v) is 6.69. The van der Waals surface area contributed by atoms with Crippen molar-refractivity contribution in [1.82, 2.24) is 0 Å². The van der Waals surface area contributed by atoms with E-state index in [2.05, 4.69) is 0 Å². The largest absolute Gasteiger partial charge is 0.390 e. The first-order chi connectivity index (χ1) is 10.0. The molecule has 0 amide bonds. The van der Waals surface area contributed by atoms with Gasteiger partial charge in [0.05, 0.1) is 6.04 Å². The Kier molecular flexibility index (Phi) is 4.66.